The molecule has 1 aliphatic heterocycles. The van der Waals surface area contributed by atoms with E-state index in [2.05, 4.69) is 4.74 Å². The van der Waals surface area contributed by atoms with E-state index in [1.807, 2.05) is 30.3 Å². The van der Waals surface area contributed by atoms with Crippen LogP contribution in [-0.4, -0.2) is 30.5 Å². The second kappa shape index (κ2) is 7.81. The summed E-state index contributed by atoms with van der Waals surface area (Å²) in [6.07, 6.45) is 0.490. The molecule has 106 valence electrons. The van der Waals surface area contributed by atoms with Gasteiger partial charge in [-0.3, -0.25) is 10.6 Å². The highest BCUT2D eigenvalue weighted by molar-refractivity contribution is 5.37. The summed E-state index contributed by atoms with van der Waals surface area (Å²) in [5.41, 5.74) is 1.01. The molecule has 1 saturated heterocycles. The number of hydrogen-bond acceptors (Lipinski definition) is 4. The maximum atomic E-state index is 12.3. The van der Waals surface area contributed by atoms with Gasteiger partial charge in [-0.05, 0) is 12.0 Å². The summed E-state index contributed by atoms with van der Waals surface area (Å²) in [6.45, 7) is 1.12. The van der Waals surface area contributed by atoms with Crippen LogP contribution in [0.4, 0.5) is 8.78 Å². The minimum atomic E-state index is -2.55. The van der Waals surface area contributed by atoms with E-state index in [4.69, 9.17) is 5.84 Å². The molecule has 1 heterocycles. The fourth-order valence-electron chi connectivity index (χ4n) is 1.70. The number of carbonyl (C=O) groups is 1. The Morgan fingerprint density at radius 1 is 1.37 bits per heavy atom. The molecule has 1 aliphatic rings. The first-order valence-electron chi connectivity index (χ1n) is 6.00. The molecule has 0 aliphatic carbocycles. The monoisotopic (exact) mass is 272 g/mol. The SMILES string of the molecule is NN1CCCC(F)(F)C1.O=COCc1ccccc1. The van der Waals surface area contributed by atoms with Crippen LogP contribution in [0.25, 0.3) is 0 Å². The molecule has 1 fully saturated rings. The lowest BCUT2D eigenvalue weighted by molar-refractivity contribution is -0.129. The molecule has 0 unspecified atom stereocenters. The number of halogens is 2. The summed E-state index contributed by atoms with van der Waals surface area (Å²) >= 11 is 0. The molecule has 0 saturated carbocycles. The van der Waals surface area contributed by atoms with E-state index in [0.29, 0.717) is 26.0 Å². The predicted molar refractivity (Wildman–Crippen MR) is 67.2 cm³/mol. The van der Waals surface area contributed by atoms with Gasteiger partial charge >= 0.3 is 0 Å². The van der Waals surface area contributed by atoms with E-state index in [1.54, 1.807) is 0 Å². The Morgan fingerprint density at radius 3 is 2.53 bits per heavy atom. The molecule has 1 aromatic rings. The number of carbonyl (C=O) groups excluding carboxylic acids is 1. The van der Waals surface area contributed by atoms with Crippen molar-refractivity contribution in [1.82, 2.24) is 5.01 Å². The van der Waals surface area contributed by atoms with Crippen LogP contribution in [-0.2, 0) is 16.1 Å². The van der Waals surface area contributed by atoms with Crippen LogP contribution in [0.3, 0.4) is 0 Å². The van der Waals surface area contributed by atoms with Gasteiger partial charge in [0.15, 0.2) is 0 Å². The molecule has 4 nitrogen and oxygen atoms in total. The van der Waals surface area contributed by atoms with Crippen molar-refractivity contribution in [2.24, 2.45) is 5.84 Å². The van der Waals surface area contributed by atoms with Crippen molar-refractivity contribution < 1.29 is 18.3 Å². The normalized spacial score (nSPS) is 18.1. The molecule has 0 radical (unpaired) electrons. The molecule has 0 aromatic heterocycles. The van der Waals surface area contributed by atoms with Gasteiger partial charge in [0.2, 0.25) is 0 Å². The van der Waals surface area contributed by atoms with Gasteiger partial charge < -0.3 is 4.74 Å². The van der Waals surface area contributed by atoms with Crippen LogP contribution in [0.1, 0.15) is 18.4 Å². The van der Waals surface area contributed by atoms with E-state index in [-0.39, 0.29) is 13.0 Å². The number of hydrogen-bond donors (Lipinski definition) is 1. The number of nitrogens with two attached hydrogens (primary N) is 1. The minimum Gasteiger partial charge on any atom is -0.463 e. The maximum absolute atomic E-state index is 12.3. The molecule has 0 amide bonds. The van der Waals surface area contributed by atoms with Crippen molar-refractivity contribution in [2.75, 3.05) is 13.1 Å². The van der Waals surface area contributed by atoms with Gasteiger partial charge in [0.25, 0.3) is 12.4 Å². The first kappa shape index (κ1) is 15.5. The molecule has 1 aromatic carbocycles. The van der Waals surface area contributed by atoms with E-state index in [0.717, 1.165) is 5.56 Å². The van der Waals surface area contributed by atoms with Crippen LogP contribution in [0.2, 0.25) is 0 Å². The Labute approximate surface area is 111 Å². The number of ether oxygens (including phenoxy) is 1. The van der Waals surface area contributed by atoms with Gasteiger partial charge in [0.05, 0.1) is 6.54 Å². The van der Waals surface area contributed by atoms with E-state index in [1.165, 1.54) is 5.01 Å². The zero-order chi connectivity index (χ0) is 14.1. The summed E-state index contributed by atoms with van der Waals surface area (Å²) in [5, 5.41) is 1.17. The highest BCUT2D eigenvalue weighted by Gasteiger charge is 2.33. The highest BCUT2D eigenvalue weighted by atomic mass is 19.3. The van der Waals surface area contributed by atoms with Gasteiger partial charge in [-0.15, -0.1) is 0 Å². The quantitative estimate of drug-likeness (QED) is 0.675. The first-order valence-corrected chi connectivity index (χ1v) is 6.00. The van der Waals surface area contributed by atoms with Crippen molar-refractivity contribution in [3.05, 3.63) is 35.9 Å². The Hall–Kier alpha value is -1.53. The Morgan fingerprint density at radius 2 is 2.05 bits per heavy atom. The number of nitrogens with zero attached hydrogens (tertiary/aromatic N) is 1. The molecule has 0 bridgehead atoms. The summed E-state index contributed by atoms with van der Waals surface area (Å²) in [7, 11) is 0. The number of rotatable bonds is 3. The van der Waals surface area contributed by atoms with Crippen LogP contribution < -0.4 is 5.84 Å². The Balaban J connectivity index is 0.000000191. The Bertz CT molecular complexity index is 374. The molecular weight excluding hydrogens is 254 g/mol. The second-order valence-electron chi connectivity index (χ2n) is 4.32. The van der Waals surface area contributed by atoms with Crippen LogP contribution >= 0.6 is 0 Å². The van der Waals surface area contributed by atoms with Crippen molar-refractivity contribution in [3.8, 4) is 0 Å². The standard InChI is InChI=1S/C8H8O2.C5H10F2N2/c9-7-10-6-8-4-2-1-3-5-8;6-5(7)2-1-3-9(8)4-5/h1-5,7H,6H2;1-4,8H2. The maximum Gasteiger partial charge on any atom is 0.293 e. The fourth-order valence-corrected chi connectivity index (χ4v) is 1.70. The number of hydrazine groups is 1. The van der Waals surface area contributed by atoms with Crippen molar-refractivity contribution in [1.29, 1.82) is 0 Å². The van der Waals surface area contributed by atoms with Crippen molar-refractivity contribution >= 4 is 6.47 Å². The van der Waals surface area contributed by atoms with E-state index in [9.17, 15) is 13.6 Å². The van der Waals surface area contributed by atoms with Crippen molar-refractivity contribution in [3.63, 3.8) is 0 Å². The lowest BCUT2D eigenvalue weighted by atomic mass is 10.1. The lowest BCUT2D eigenvalue weighted by Crippen LogP contribution is -2.46. The predicted octanol–water partition coefficient (Wildman–Crippen LogP) is 1.95. The summed E-state index contributed by atoms with van der Waals surface area (Å²) in [6, 6.07) is 9.55. The second-order valence-corrected chi connectivity index (χ2v) is 4.32. The molecule has 19 heavy (non-hydrogen) atoms. The average molecular weight is 272 g/mol. The molecular formula is C13H18F2N2O2. The molecule has 2 rings (SSSR count). The first-order chi connectivity index (χ1) is 9.03. The topological polar surface area (TPSA) is 55.6 Å². The van der Waals surface area contributed by atoms with Crippen molar-refractivity contribution in [2.45, 2.75) is 25.4 Å². The third kappa shape index (κ3) is 6.83. The third-order valence-electron chi connectivity index (χ3n) is 2.58. The highest BCUT2D eigenvalue weighted by Crippen LogP contribution is 2.24. The summed E-state index contributed by atoms with van der Waals surface area (Å²) < 4.78 is 29.2. The average Bonchev–Trinajstić information content (AvgIpc) is 2.37. The van der Waals surface area contributed by atoms with Gasteiger partial charge in [-0.25, -0.2) is 13.8 Å². The Kier molecular flexibility index (Phi) is 6.38. The molecule has 0 spiro atoms. The smallest absolute Gasteiger partial charge is 0.293 e. The van der Waals surface area contributed by atoms with Crippen LogP contribution in [0, 0.1) is 0 Å². The lowest BCUT2D eigenvalue weighted by Gasteiger charge is -2.28. The van der Waals surface area contributed by atoms with Crippen LogP contribution in [0.5, 0.6) is 0 Å². The third-order valence-corrected chi connectivity index (χ3v) is 2.58. The van der Waals surface area contributed by atoms with Crippen LogP contribution in [0.15, 0.2) is 30.3 Å². The van der Waals surface area contributed by atoms with Gasteiger partial charge in [-0.2, -0.15) is 0 Å². The largest absolute Gasteiger partial charge is 0.463 e. The number of benzene rings is 1. The van der Waals surface area contributed by atoms with E-state index >= 15 is 0 Å². The summed E-state index contributed by atoms with van der Waals surface area (Å²) in [4.78, 5) is 9.76. The number of alkyl halides is 2. The molecule has 6 heteroatoms. The fraction of sp³-hybridized carbons (Fsp3) is 0.462. The zero-order valence-electron chi connectivity index (χ0n) is 10.6. The summed E-state index contributed by atoms with van der Waals surface area (Å²) in [5.74, 6) is 2.62. The zero-order valence-corrected chi connectivity index (χ0v) is 10.6. The van der Waals surface area contributed by atoms with Gasteiger partial charge in [0, 0.05) is 13.0 Å². The van der Waals surface area contributed by atoms with Gasteiger partial charge in [0.1, 0.15) is 6.61 Å². The minimum absolute atomic E-state index is 0.0132. The molecule has 0 atom stereocenters. The number of piperidine rings is 1. The molecule has 2 N–H and O–H groups in total. The van der Waals surface area contributed by atoms with Gasteiger partial charge in [-0.1, -0.05) is 30.3 Å². The van der Waals surface area contributed by atoms with E-state index < -0.39 is 5.92 Å².